The van der Waals surface area contributed by atoms with E-state index in [0.29, 0.717) is 24.0 Å². The Morgan fingerprint density at radius 1 is 0.754 bits per heavy atom. The first kappa shape index (κ1) is 38.8. The van der Waals surface area contributed by atoms with Crippen LogP contribution in [-0.4, -0.2) is 65.8 Å². The molecule has 0 bridgehead atoms. The number of nitrogens with zero attached hydrogens (tertiary/aromatic N) is 2. The first-order valence-electron chi connectivity index (χ1n) is 20.5. The van der Waals surface area contributed by atoms with E-state index in [2.05, 4.69) is 69.8 Å². The van der Waals surface area contributed by atoms with Gasteiger partial charge in [0.05, 0.1) is 18.8 Å². The maximum atomic E-state index is 12.9. The Hall–Kier alpha value is -5.03. The monoisotopic (exact) mass is 766 g/mol. The molecule has 3 N–H and O–H groups in total. The fourth-order valence-electron chi connectivity index (χ4n) is 8.52. The molecule has 3 aliphatic rings. The summed E-state index contributed by atoms with van der Waals surface area (Å²) in [5.74, 6) is 1.59. The Morgan fingerprint density at radius 2 is 1.46 bits per heavy atom. The number of amides is 2. The van der Waals surface area contributed by atoms with E-state index in [-0.39, 0.29) is 30.8 Å². The van der Waals surface area contributed by atoms with Crippen molar-refractivity contribution in [3.05, 3.63) is 150 Å². The molecule has 5 atom stereocenters. The molecule has 2 amide bonds. The van der Waals surface area contributed by atoms with Crippen molar-refractivity contribution in [2.75, 3.05) is 38.0 Å². The number of carbonyl (C=O) groups is 1. The number of hydrogen-bond acceptors (Lipinski definition) is 7. The van der Waals surface area contributed by atoms with Gasteiger partial charge in [-0.25, -0.2) is 4.79 Å². The lowest BCUT2D eigenvalue weighted by Crippen LogP contribution is -2.48. The van der Waals surface area contributed by atoms with Crippen molar-refractivity contribution in [1.29, 1.82) is 0 Å². The van der Waals surface area contributed by atoms with E-state index in [1.54, 1.807) is 0 Å². The second kappa shape index (κ2) is 18.5. The molecule has 5 aromatic carbocycles. The molecule has 0 radical (unpaired) electrons. The van der Waals surface area contributed by atoms with E-state index in [1.807, 2.05) is 84.9 Å². The molecular weight excluding hydrogens is 713 g/mol. The highest BCUT2D eigenvalue weighted by atomic mass is 16.7. The molecule has 3 saturated heterocycles. The van der Waals surface area contributed by atoms with Crippen molar-refractivity contribution in [3.63, 3.8) is 0 Å². The quantitative estimate of drug-likeness (QED) is 0.110. The summed E-state index contributed by atoms with van der Waals surface area (Å²) >= 11 is 0. The van der Waals surface area contributed by atoms with Gasteiger partial charge in [-0.1, -0.05) is 97.9 Å². The van der Waals surface area contributed by atoms with Crippen LogP contribution in [-0.2, 0) is 22.6 Å². The second-order valence-corrected chi connectivity index (χ2v) is 15.6. The summed E-state index contributed by atoms with van der Waals surface area (Å²) in [6, 6.07) is 41.9. The number of nitrogens with one attached hydrogen (secondary N) is 2. The molecule has 3 aliphatic heterocycles. The predicted molar refractivity (Wildman–Crippen MR) is 224 cm³/mol. The second-order valence-electron chi connectivity index (χ2n) is 15.6. The smallest absolute Gasteiger partial charge is 0.319 e. The highest BCUT2D eigenvalue weighted by molar-refractivity contribution is 5.89. The summed E-state index contributed by atoms with van der Waals surface area (Å²) in [4.78, 5) is 18.3. The lowest BCUT2D eigenvalue weighted by molar-refractivity contribution is -0.276. The summed E-state index contributed by atoms with van der Waals surface area (Å²) in [7, 11) is 0. The van der Waals surface area contributed by atoms with Crippen LogP contribution < -0.4 is 15.4 Å². The number of likely N-dealkylation sites (tertiary alicyclic amines) is 2. The van der Waals surface area contributed by atoms with E-state index < -0.39 is 6.29 Å². The van der Waals surface area contributed by atoms with Crippen LogP contribution in [0.15, 0.2) is 127 Å². The van der Waals surface area contributed by atoms with E-state index in [9.17, 15) is 9.90 Å². The van der Waals surface area contributed by atoms with Crippen molar-refractivity contribution in [2.24, 2.45) is 5.92 Å². The van der Waals surface area contributed by atoms with Crippen molar-refractivity contribution >= 4 is 11.7 Å². The number of rotatable bonds is 13. The topological polar surface area (TPSA) is 95.5 Å². The molecular formula is C48H54N4O5. The van der Waals surface area contributed by atoms with Crippen molar-refractivity contribution in [3.8, 4) is 22.6 Å². The van der Waals surface area contributed by atoms with Gasteiger partial charge in [0.1, 0.15) is 11.5 Å². The van der Waals surface area contributed by atoms with Crippen LogP contribution in [0.25, 0.3) is 11.1 Å². The number of carbonyl (C=O) groups excluding carboxylic acids is 1. The van der Waals surface area contributed by atoms with Gasteiger partial charge in [0, 0.05) is 42.8 Å². The number of para-hydroxylation sites is 1. The average molecular weight is 767 g/mol. The largest absolute Gasteiger partial charge is 0.457 e. The minimum atomic E-state index is -0.526. The third-order valence-corrected chi connectivity index (χ3v) is 11.7. The SMILES string of the molecule is C[C@H]1[C@@H](CN2CCC[C@H]2CN2CCCC2)O[C@@H](c2ccc(-c3ccccc3CNC(=O)Nc3ccc(Oc4ccccc4)cc3)cc2)O[C@H]1c1ccc(CO)cc1. The Balaban J connectivity index is 0.934. The maximum Gasteiger partial charge on any atom is 0.319 e. The number of anilines is 1. The van der Waals surface area contributed by atoms with Crippen LogP contribution in [0.3, 0.4) is 0 Å². The van der Waals surface area contributed by atoms with Crippen LogP contribution in [0.1, 0.15) is 67.3 Å². The molecule has 3 fully saturated rings. The van der Waals surface area contributed by atoms with Crippen LogP contribution >= 0.6 is 0 Å². The van der Waals surface area contributed by atoms with Crippen LogP contribution in [0.5, 0.6) is 11.5 Å². The molecule has 8 rings (SSSR count). The number of ether oxygens (including phenoxy) is 3. The van der Waals surface area contributed by atoms with Gasteiger partial charge in [0.25, 0.3) is 0 Å². The normalized spacial score (nSPS) is 22.7. The molecule has 9 heteroatoms. The van der Waals surface area contributed by atoms with Crippen LogP contribution in [0.2, 0.25) is 0 Å². The van der Waals surface area contributed by atoms with Gasteiger partial charge in [-0.05, 0) is 110 Å². The number of urea groups is 1. The van der Waals surface area contributed by atoms with Crippen molar-refractivity contribution in [1.82, 2.24) is 15.1 Å². The van der Waals surface area contributed by atoms with Gasteiger partial charge < -0.3 is 34.9 Å². The molecule has 0 unspecified atom stereocenters. The first-order chi connectivity index (χ1) is 28.0. The fraction of sp³-hybridized carbons (Fsp3) is 0.354. The summed E-state index contributed by atoms with van der Waals surface area (Å²) in [5.41, 5.74) is 6.73. The number of aliphatic hydroxyl groups is 1. The molecule has 0 spiro atoms. The molecule has 0 aromatic heterocycles. The summed E-state index contributed by atoms with van der Waals surface area (Å²) in [6.45, 7) is 8.20. The van der Waals surface area contributed by atoms with Crippen molar-refractivity contribution in [2.45, 2.75) is 70.3 Å². The summed E-state index contributed by atoms with van der Waals surface area (Å²) in [5, 5.41) is 15.6. The van der Waals surface area contributed by atoms with E-state index in [1.165, 1.54) is 38.8 Å². The van der Waals surface area contributed by atoms with E-state index in [0.717, 1.165) is 58.8 Å². The lowest BCUT2D eigenvalue weighted by atomic mass is 9.89. The fourth-order valence-corrected chi connectivity index (χ4v) is 8.52. The molecule has 57 heavy (non-hydrogen) atoms. The van der Waals surface area contributed by atoms with Gasteiger partial charge >= 0.3 is 6.03 Å². The molecule has 3 heterocycles. The average Bonchev–Trinajstić information content (AvgIpc) is 3.94. The van der Waals surface area contributed by atoms with E-state index >= 15 is 0 Å². The van der Waals surface area contributed by atoms with Crippen LogP contribution in [0.4, 0.5) is 10.5 Å². The zero-order chi connectivity index (χ0) is 39.0. The van der Waals surface area contributed by atoms with Gasteiger partial charge in [-0.2, -0.15) is 0 Å². The highest BCUT2D eigenvalue weighted by Crippen LogP contribution is 2.43. The zero-order valence-corrected chi connectivity index (χ0v) is 32.8. The lowest BCUT2D eigenvalue weighted by Gasteiger charge is -2.43. The zero-order valence-electron chi connectivity index (χ0n) is 32.8. The molecule has 0 aliphatic carbocycles. The van der Waals surface area contributed by atoms with E-state index in [4.69, 9.17) is 14.2 Å². The van der Waals surface area contributed by atoms with Crippen molar-refractivity contribution < 1.29 is 24.1 Å². The number of aliphatic hydroxyl groups excluding tert-OH is 1. The molecule has 5 aromatic rings. The van der Waals surface area contributed by atoms with Gasteiger partial charge in [0.2, 0.25) is 0 Å². The Morgan fingerprint density at radius 3 is 2.21 bits per heavy atom. The Labute approximate surface area is 336 Å². The van der Waals surface area contributed by atoms with Gasteiger partial charge in [-0.15, -0.1) is 0 Å². The predicted octanol–water partition coefficient (Wildman–Crippen LogP) is 9.31. The minimum absolute atomic E-state index is 0.0105. The summed E-state index contributed by atoms with van der Waals surface area (Å²) < 4.78 is 19.6. The highest BCUT2D eigenvalue weighted by Gasteiger charge is 2.41. The standard InChI is InChI=1S/C48H54N4O5/c1-34-45(32-52-29-9-11-41(52)31-51-27-7-8-28-51)56-47(57-46(34)37-17-15-35(33-53)16-18-37)38-21-19-36(20-22-38)44-14-6-5-10-39(44)30-49-48(54)50-40-23-25-43(26-24-40)55-42-12-3-2-4-13-42/h2-6,10,12-26,34,41,45-47,53H,7-9,11,27-33H2,1H3,(H2,49,50,54)/t34-,41-,45+,46+,47+/m0/s1. The Kier molecular flexibility index (Phi) is 12.6. The third-order valence-electron chi connectivity index (χ3n) is 11.7. The molecule has 9 nitrogen and oxygen atoms in total. The van der Waals surface area contributed by atoms with Gasteiger partial charge in [-0.3, -0.25) is 4.90 Å². The molecule has 0 saturated carbocycles. The third kappa shape index (κ3) is 9.75. The number of hydrogen-bond donors (Lipinski definition) is 3. The Bertz CT molecular complexity index is 2040. The summed E-state index contributed by atoms with van der Waals surface area (Å²) in [6.07, 6.45) is 4.41. The maximum absolute atomic E-state index is 12.9. The molecule has 296 valence electrons. The van der Waals surface area contributed by atoms with Crippen LogP contribution in [0, 0.1) is 5.92 Å². The van der Waals surface area contributed by atoms with Gasteiger partial charge in [0.15, 0.2) is 6.29 Å². The number of benzene rings is 5. The minimum Gasteiger partial charge on any atom is -0.457 e. The first-order valence-corrected chi connectivity index (χ1v) is 20.5.